The lowest BCUT2D eigenvalue weighted by Gasteiger charge is -2.16. The normalized spacial score (nSPS) is 15.0. The number of benzene rings is 2. The van der Waals surface area contributed by atoms with Crippen LogP contribution in [0.2, 0.25) is 0 Å². The monoisotopic (exact) mass is 282 g/mol. The standard InChI is InChI=1S/C16H15FN4/c17-12-3-5-13(6-4-12)21-18-15-8-7-14(11-16(15)19-21)20-9-1-2-10-20/h3-8,11H,1-2,9-10H2. The van der Waals surface area contributed by atoms with E-state index in [0.717, 1.165) is 29.8 Å². The van der Waals surface area contributed by atoms with Crippen molar-refractivity contribution in [1.82, 2.24) is 15.0 Å². The molecule has 0 spiro atoms. The summed E-state index contributed by atoms with van der Waals surface area (Å²) < 4.78 is 13.0. The third kappa shape index (κ3) is 2.24. The van der Waals surface area contributed by atoms with Crippen LogP contribution in [-0.4, -0.2) is 28.1 Å². The molecule has 0 saturated carbocycles. The molecule has 1 aromatic heterocycles. The first-order chi connectivity index (χ1) is 10.3. The molecule has 21 heavy (non-hydrogen) atoms. The molecule has 106 valence electrons. The van der Waals surface area contributed by atoms with Gasteiger partial charge in [-0.05, 0) is 55.3 Å². The molecule has 1 aliphatic heterocycles. The van der Waals surface area contributed by atoms with Gasteiger partial charge in [0.25, 0.3) is 0 Å². The molecule has 0 amide bonds. The van der Waals surface area contributed by atoms with Crippen molar-refractivity contribution in [3.8, 4) is 5.69 Å². The Morgan fingerprint density at radius 2 is 1.48 bits per heavy atom. The highest BCUT2D eigenvalue weighted by molar-refractivity contribution is 5.78. The third-order valence-electron chi connectivity index (χ3n) is 3.89. The number of fused-ring (bicyclic) bond motifs is 1. The molecule has 2 heterocycles. The molecule has 0 atom stereocenters. The second-order valence-electron chi connectivity index (χ2n) is 5.33. The Hall–Kier alpha value is -2.43. The molecule has 0 aliphatic carbocycles. The van der Waals surface area contributed by atoms with Gasteiger partial charge in [-0.2, -0.15) is 4.80 Å². The van der Waals surface area contributed by atoms with Crippen LogP contribution < -0.4 is 4.90 Å². The van der Waals surface area contributed by atoms with Crippen molar-refractivity contribution in [3.05, 3.63) is 48.3 Å². The Balaban J connectivity index is 1.73. The average Bonchev–Trinajstić information content (AvgIpc) is 3.16. The smallest absolute Gasteiger partial charge is 0.123 e. The summed E-state index contributed by atoms with van der Waals surface area (Å²) in [5.74, 6) is -0.258. The van der Waals surface area contributed by atoms with Crippen molar-refractivity contribution < 1.29 is 4.39 Å². The molecule has 1 saturated heterocycles. The third-order valence-corrected chi connectivity index (χ3v) is 3.89. The van der Waals surface area contributed by atoms with E-state index in [9.17, 15) is 4.39 Å². The van der Waals surface area contributed by atoms with Gasteiger partial charge in [-0.3, -0.25) is 0 Å². The van der Waals surface area contributed by atoms with Gasteiger partial charge in [-0.15, -0.1) is 10.2 Å². The van der Waals surface area contributed by atoms with Gasteiger partial charge < -0.3 is 4.90 Å². The molecular formula is C16H15FN4. The number of rotatable bonds is 2. The molecular weight excluding hydrogens is 267 g/mol. The zero-order valence-electron chi connectivity index (χ0n) is 11.5. The van der Waals surface area contributed by atoms with Crippen molar-refractivity contribution in [2.24, 2.45) is 0 Å². The molecule has 3 aromatic rings. The molecule has 0 unspecified atom stereocenters. The summed E-state index contributed by atoms with van der Waals surface area (Å²) in [6.07, 6.45) is 2.50. The van der Waals surface area contributed by atoms with E-state index >= 15 is 0 Å². The van der Waals surface area contributed by atoms with Crippen LogP contribution in [0.1, 0.15) is 12.8 Å². The number of aromatic nitrogens is 3. The summed E-state index contributed by atoms with van der Waals surface area (Å²) in [7, 11) is 0. The molecule has 4 nitrogen and oxygen atoms in total. The van der Waals surface area contributed by atoms with E-state index in [1.165, 1.54) is 30.7 Å². The van der Waals surface area contributed by atoms with Crippen LogP contribution in [0.25, 0.3) is 16.7 Å². The van der Waals surface area contributed by atoms with Gasteiger partial charge in [0, 0.05) is 18.8 Å². The van der Waals surface area contributed by atoms with E-state index in [-0.39, 0.29) is 5.82 Å². The highest BCUT2D eigenvalue weighted by atomic mass is 19.1. The second kappa shape index (κ2) is 4.84. The van der Waals surface area contributed by atoms with Crippen molar-refractivity contribution in [1.29, 1.82) is 0 Å². The Labute approximate surface area is 121 Å². The molecule has 0 radical (unpaired) electrons. The maximum absolute atomic E-state index is 13.0. The molecule has 4 rings (SSSR count). The first kappa shape index (κ1) is 12.3. The predicted octanol–water partition coefficient (Wildman–Crippen LogP) is 3.16. The summed E-state index contributed by atoms with van der Waals surface area (Å²) in [4.78, 5) is 3.92. The Morgan fingerprint density at radius 3 is 2.24 bits per heavy atom. The van der Waals surface area contributed by atoms with Gasteiger partial charge in [0.2, 0.25) is 0 Å². The number of hydrogen-bond donors (Lipinski definition) is 0. The van der Waals surface area contributed by atoms with E-state index in [4.69, 9.17) is 0 Å². The summed E-state index contributed by atoms with van der Waals surface area (Å²) in [6, 6.07) is 12.4. The Kier molecular flexibility index (Phi) is 2.84. The second-order valence-corrected chi connectivity index (χ2v) is 5.33. The van der Waals surface area contributed by atoms with Crippen molar-refractivity contribution in [2.75, 3.05) is 18.0 Å². The number of hydrogen-bond acceptors (Lipinski definition) is 3. The molecule has 2 aromatic carbocycles. The summed E-state index contributed by atoms with van der Waals surface area (Å²) >= 11 is 0. The van der Waals surface area contributed by atoms with Crippen LogP contribution in [-0.2, 0) is 0 Å². The number of nitrogens with zero attached hydrogens (tertiary/aromatic N) is 4. The molecule has 0 N–H and O–H groups in total. The highest BCUT2D eigenvalue weighted by Gasteiger charge is 2.14. The van der Waals surface area contributed by atoms with Crippen LogP contribution in [0.5, 0.6) is 0 Å². The summed E-state index contributed by atoms with van der Waals surface area (Å²) in [5.41, 5.74) is 3.67. The van der Waals surface area contributed by atoms with Crippen LogP contribution in [0.3, 0.4) is 0 Å². The number of anilines is 1. The lowest BCUT2D eigenvalue weighted by atomic mass is 10.2. The zero-order chi connectivity index (χ0) is 14.2. The fraction of sp³-hybridized carbons (Fsp3) is 0.250. The Morgan fingerprint density at radius 1 is 0.810 bits per heavy atom. The van der Waals surface area contributed by atoms with Crippen molar-refractivity contribution in [2.45, 2.75) is 12.8 Å². The highest BCUT2D eigenvalue weighted by Crippen LogP contribution is 2.24. The largest absolute Gasteiger partial charge is 0.371 e. The minimum Gasteiger partial charge on any atom is -0.371 e. The van der Waals surface area contributed by atoms with Crippen molar-refractivity contribution in [3.63, 3.8) is 0 Å². The average molecular weight is 282 g/mol. The van der Waals surface area contributed by atoms with Gasteiger partial charge in [-0.25, -0.2) is 4.39 Å². The maximum atomic E-state index is 13.0. The molecule has 1 fully saturated rings. The van der Waals surface area contributed by atoms with Crippen LogP contribution in [0, 0.1) is 5.82 Å². The molecule has 5 heteroatoms. The Bertz CT molecular complexity index is 773. The topological polar surface area (TPSA) is 34.0 Å². The van der Waals surface area contributed by atoms with Gasteiger partial charge in [0.05, 0.1) is 5.69 Å². The minimum atomic E-state index is -0.258. The molecule has 1 aliphatic rings. The van der Waals surface area contributed by atoms with Gasteiger partial charge in [-0.1, -0.05) is 0 Å². The van der Waals surface area contributed by atoms with E-state index in [2.05, 4.69) is 27.2 Å². The SMILES string of the molecule is Fc1ccc(-n2nc3ccc(N4CCCC4)cc3n2)cc1. The fourth-order valence-corrected chi connectivity index (χ4v) is 2.76. The van der Waals surface area contributed by atoms with Gasteiger partial charge >= 0.3 is 0 Å². The van der Waals surface area contributed by atoms with Gasteiger partial charge in [0.15, 0.2) is 0 Å². The van der Waals surface area contributed by atoms with Crippen LogP contribution in [0.15, 0.2) is 42.5 Å². The fourth-order valence-electron chi connectivity index (χ4n) is 2.76. The maximum Gasteiger partial charge on any atom is 0.123 e. The van der Waals surface area contributed by atoms with E-state index in [0.29, 0.717) is 0 Å². The predicted molar refractivity (Wildman–Crippen MR) is 80.3 cm³/mol. The van der Waals surface area contributed by atoms with E-state index in [1.54, 1.807) is 16.9 Å². The van der Waals surface area contributed by atoms with Crippen LogP contribution in [0.4, 0.5) is 10.1 Å². The zero-order valence-corrected chi connectivity index (χ0v) is 11.5. The molecule has 0 bridgehead atoms. The van der Waals surface area contributed by atoms with Crippen molar-refractivity contribution >= 4 is 16.7 Å². The quantitative estimate of drug-likeness (QED) is 0.724. The van der Waals surface area contributed by atoms with E-state index in [1.807, 2.05) is 6.07 Å². The summed E-state index contributed by atoms with van der Waals surface area (Å²) in [5, 5.41) is 8.95. The number of halogens is 1. The lowest BCUT2D eigenvalue weighted by Crippen LogP contribution is -2.17. The first-order valence-corrected chi connectivity index (χ1v) is 7.18. The van der Waals surface area contributed by atoms with Crippen LogP contribution >= 0.6 is 0 Å². The lowest BCUT2D eigenvalue weighted by molar-refractivity contribution is 0.626. The van der Waals surface area contributed by atoms with Gasteiger partial charge in [0.1, 0.15) is 16.9 Å². The summed E-state index contributed by atoms with van der Waals surface area (Å²) in [6.45, 7) is 2.22. The first-order valence-electron chi connectivity index (χ1n) is 7.18. The minimum absolute atomic E-state index is 0.258. The van der Waals surface area contributed by atoms with E-state index < -0.39 is 0 Å².